The smallest absolute Gasteiger partial charge is 0.238 e. The molecule has 8 nitrogen and oxygen atoms in total. The van der Waals surface area contributed by atoms with Gasteiger partial charge in [-0.1, -0.05) is 17.7 Å². The second kappa shape index (κ2) is 8.83. The first-order valence-electron chi connectivity index (χ1n) is 11.4. The highest BCUT2D eigenvalue weighted by Crippen LogP contribution is 2.34. The standard InChI is InChI=1S/C24H27ClN6O2/c1-14-9-15(2)22(27-11-14)17-10-21(26-13-19(17)25)31-8-5-20-18(23(31)33)12-28-24(29-20)30-6-3-16(32)4-7-30/h9-13,16,18,20,32H,3-8H2,1-2H3. The molecule has 3 aliphatic heterocycles. The maximum Gasteiger partial charge on any atom is 0.238 e. The fourth-order valence-electron chi connectivity index (χ4n) is 4.74. The molecule has 1 amide bonds. The Morgan fingerprint density at radius 2 is 1.85 bits per heavy atom. The minimum Gasteiger partial charge on any atom is -0.393 e. The summed E-state index contributed by atoms with van der Waals surface area (Å²) in [7, 11) is 0. The van der Waals surface area contributed by atoms with Crippen molar-refractivity contribution in [1.82, 2.24) is 14.9 Å². The van der Waals surface area contributed by atoms with E-state index in [-0.39, 0.29) is 18.1 Å². The molecule has 3 aliphatic rings. The number of aromatic nitrogens is 2. The van der Waals surface area contributed by atoms with Crippen molar-refractivity contribution in [2.75, 3.05) is 24.5 Å². The lowest BCUT2D eigenvalue weighted by atomic mass is 9.91. The number of aliphatic hydroxyl groups is 1. The molecule has 0 saturated carbocycles. The monoisotopic (exact) mass is 466 g/mol. The zero-order valence-corrected chi connectivity index (χ0v) is 19.5. The molecule has 0 radical (unpaired) electrons. The van der Waals surface area contributed by atoms with Crippen molar-refractivity contribution < 1.29 is 9.90 Å². The van der Waals surface area contributed by atoms with Crippen LogP contribution < -0.4 is 4.90 Å². The van der Waals surface area contributed by atoms with Crippen molar-refractivity contribution in [3.8, 4) is 11.3 Å². The van der Waals surface area contributed by atoms with Gasteiger partial charge in [0.15, 0.2) is 0 Å². The predicted octanol–water partition coefficient (Wildman–Crippen LogP) is 3.03. The van der Waals surface area contributed by atoms with Crippen LogP contribution in [0.15, 0.2) is 34.5 Å². The number of hydrogen-bond acceptors (Lipinski definition) is 7. The zero-order chi connectivity index (χ0) is 23.1. The summed E-state index contributed by atoms with van der Waals surface area (Å²) < 4.78 is 0. The number of guanidine groups is 1. The van der Waals surface area contributed by atoms with Gasteiger partial charge >= 0.3 is 0 Å². The summed E-state index contributed by atoms with van der Waals surface area (Å²) in [5.41, 5.74) is 3.65. The van der Waals surface area contributed by atoms with Gasteiger partial charge in [-0.15, -0.1) is 0 Å². The molecule has 9 heteroatoms. The molecule has 2 atom stereocenters. The Labute approximate surface area is 198 Å². The van der Waals surface area contributed by atoms with Crippen molar-refractivity contribution in [3.05, 3.63) is 40.7 Å². The Bertz CT molecular complexity index is 1140. The van der Waals surface area contributed by atoms with Gasteiger partial charge in [0.25, 0.3) is 0 Å². The third kappa shape index (κ3) is 4.25. The van der Waals surface area contributed by atoms with E-state index in [0.717, 1.165) is 54.7 Å². The van der Waals surface area contributed by atoms with Gasteiger partial charge in [0.2, 0.25) is 11.9 Å². The molecule has 172 valence electrons. The number of aliphatic imine (C=N–C) groups is 2. The Morgan fingerprint density at radius 1 is 1.06 bits per heavy atom. The number of piperidine rings is 2. The number of carbonyl (C=O) groups is 1. The summed E-state index contributed by atoms with van der Waals surface area (Å²) >= 11 is 6.46. The molecule has 0 spiro atoms. The Hall–Kier alpha value is -2.84. The van der Waals surface area contributed by atoms with Gasteiger partial charge in [0, 0.05) is 43.8 Å². The van der Waals surface area contributed by atoms with E-state index >= 15 is 0 Å². The molecule has 33 heavy (non-hydrogen) atoms. The second-order valence-electron chi connectivity index (χ2n) is 9.00. The van der Waals surface area contributed by atoms with Gasteiger partial charge < -0.3 is 10.0 Å². The van der Waals surface area contributed by atoms with Gasteiger partial charge in [-0.2, -0.15) is 0 Å². The minimum atomic E-state index is -0.405. The topological polar surface area (TPSA) is 94.3 Å². The van der Waals surface area contributed by atoms with Crippen LogP contribution in [0.5, 0.6) is 0 Å². The van der Waals surface area contributed by atoms with Crippen molar-refractivity contribution in [2.45, 2.75) is 45.3 Å². The van der Waals surface area contributed by atoms with Crippen LogP contribution in [0.2, 0.25) is 5.02 Å². The summed E-state index contributed by atoms with van der Waals surface area (Å²) in [6.07, 6.45) is 7.04. The van der Waals surface area contributed by atoms with Crippen LogP contribution in [0.25, 0.3) is 11.3 Å². The van der Waals surface area contributed by atoms with E-state index in [4.69, 9.17) is 16.6 Å². The maximum atomic E-state index is 13.4. The number of aryl methyl sites for hydroxylation is 2. The van der Waals surface area contributed by atoms with Crippen LogP contribution in [0.3, 0.4) is 0 Å². The predicted molar refractivity (Wildman–Crippen MR) is 129 cm³/mol. The number of halogens is 1. The first-order valence-corrected chi connectivity index (χ1v) is 11.7. The van der Waals surface area contributed by atoms with Crippen LogP contribution in [0.1, 0.15) is 30.4 Å². The number of rotatable bonds is 2. The average Bonchev–Trinajstić information content (AvgIpc) is 2.80. The molecule has 0 aromatic carbocycles. The number of carbonyl (C=O) groups excluding carboxylic acids is 1. The fourth-order valence-corrected chi connectivity index (χ4v) is 4.94. The van der Waals surface area contributed by atoms with Gasteiger partial charge in [0.05, 0.1) is 28.8 Å². The van der Waals surface area contributed by atoms with Gasteiger partial charge in [-0.3, -0.25) is 14.7 Å². The molecule has 2 saturated heterocycles. The van der Waals surface area contributed by atoms with Gasteiger partial charge in [0.1, 0.15) is 5.82 Å². The summed E-state index contributed by atoms with van der Waals surface area (Å²) in [4.78, 5) is 35.5. The molecule has 2 aromatic rings. The zero-order valence-electron chi connectivity index (χ0n) is 18.8. The number of aliphatic hydroxyl groups excluding tert-OH is 1. The lowest BCUT2D eigenvalue weighted by molar-refractivity contribution is -0.122. The highest BCUT2D eigenvalue weighted by atomic mass is 35.5. The van der Waals surface area contributed by atoms with Gasteiger partial charge in [-0.05, 0) is 50.3 Å². The lowest BCUT2D eigenvalue weighted by Gasteiger charge is -2.37. The Kier molecular flexibility index (Phi) is 5.88. The number of hydrogen-bond donors (Lipinski definition) is 1. The van der Waals surface area contributed by atoms with Crippen molar-refractivity contribution in [3.63, 3.8) is 0 Å². The van der Waals surface area contributed by atoms with E-state index in [0.29, 0.717) is 23.3 Å². The molecule has 5 heterocycles. The maximum absolute atomic E-state index is 13.4. The van der Waals surface area contributed by atoms with E-state index in [2.05, 4.69) is 25.9 Å². The minimum absolute atomic E-state index is 0.0544. The van der Waals surface area contributed by atoms with Crippen LogP contribution in [-0.2, 0) is 4.79 Å². The normalized spacial score (nSPS) is 23.5. The number of fused-ring (bicyclic) bond motifs is 1. The van der Waals surface area contributed by atoms with Crippen LogP contribution in [0, 0.1) is 19.8 Å². The van der Waals surface area contributed by atoms with Crippen molar-refractivity contribution in [1.29, 1.82) is 0 Å². The van der Waals surface area contributed by atoms with E-state index in [1.807, 2.05) is 26.1 Å². The first-order chi connectivity index (χ1) is 15.9. The number of anilines is 1. The third-order valence-corrected chi connectivity index (χ3v) is 6.88. The van der Waals surface area contributed by atoms with E-state index in [9.17, 15) is 9.90 Å². The van der Waals surface area contributed by atoms with E-state index < -0.39 is 5.92 Å². The molecular weight excluding hydrogens is 440 g/mol. The molecule has 2 fully saturated rings. The third-order valence-electron chi connectivity index (χ3n) is 6.58. The van der Waals surface area contributed by atoms with Crippen LogP contribution in [-0.4, -0.2) is 69.8 Å². The average molecular weight is 467 g/mol. The highest BCUT2D eigenvalue weighted by Gasteiger charge is 2.39. The second-order valence-corrected chi connectivity index (χ2v) is 9.40. The quantitative estimate of drug-likeness (QED) is 0.734. The Balaban J connectivity index is 1.37. The first kappa shape index (κ1) is 22.0. The molecule has 5 rings (SSSR count). The van der Waals surface area contributed by atoms with E-state index in [1.165, 1.54) is 0 Å². The Morgan fingerprint density at radius 3 is 2.61 bits per heavy atom. The number of pyridine rings is 2. The molecular formula is C24H27ClN6O2. The van der Waals surface area contributed by atoms with Crippen molar-refractivity contribution in [2.24, 2.45) is 15.9 Å². The molecule has 2 unspecified atom stereocenters. The number of nitrogens with zero attached hydrogens (tertiary/aromatic N) is 6. The lowest BCUT2D eigenvalue weighted by Crippen LogP contribution is -2.51. The molecule has 1 N–H and O–H groups in total. The SMILES string of the molecule is Cc1cnc(-c2cc(N3CCC4N=C(N5CCC(O)CC5)N=CC4C3=O)ncc2Cl)c(C)c1. The summed E-state index contributed by atoms with van der Waals surface area (Å²) in [6.45, 7) is 6.00. The highest BCUT2D eigenvalue weighted by molar-refractivity contribution is 6.33. The summed E-state index contributed by atoms with van der Waals surface area (Å²) in [5, 5.41) is 10.2. The largest absolute Gasteiger partial charge is 0.393 e. The summed E-state index contributed by atoms with van der Waals surface area (Å²) in [5.74, 6) is 0.782. The fraction of sp³-hybridized carbons (Fsp3) is 0.458. The number of likely N-dealkylation sites (tertiary alicyclic amines) is 1. The molecule has 0 bridgehead atoms. The number of amides is 1. The van der Waals surface area contributed by atoms with Gasteiger partial charge in [-0.25, -0.2) is 15.0 Å². The molecule has 2 aromatic heterocycles. The van der Waals surface area contributed by atoms with Crippen molar-refractivity contribution >= 4 is 35.5 Å². The molecule has 0 aliphatic carbocycles. The van der Waals surface area contributed by atoms with Crippen LogP contribution >= 0.6 is 11.6 Å². The summed E-state index contributed by atoms with van der Waals surface area (Å²) in [6, 6.07) is 3.78. The van der Waals surface area contributed by atoms with E-state index in [1.54, 1.807) is 17.3 Å². The van der Waals surface area contributed by atoms with Crippen LogP contribution in [0.4, 0.5) is 5.82 Å².